The Labute approximate surface area is 339 Å². The van der Waals surface area contributed by atoms with Crippen molar-refractivity contribution in [1.82, 2.24) is 19.9 Å². The Morgan fingerprint density at radius 2 is 0.655 bits per heavy atom. The summed E-state index contributed by atoms with van der Waals surface area (Å²) in [6.07, 6.45) is 0. The van der Waals surface area contributed by atoms with Crippen molar-refractivity contribution in [2.24, 2.45) is 0 Å². The number of H-pyrrole nitrogens is 4. The van der Waals surface area contributed by atoms with E-state index in [1.165, 1.54) is 44.5 Å². The van der Waals surface area contributed by atoms with Crippen molar-refractivity contribution in [1.29, 1.82) is 0 Å². The zero-order chi connectivity index (χ0) is 40.2. The van der Waals surface area contributed by atoms with Crippen molar-refractivity contribution in [3.05, 3.63) is 221 Å². The molecule has 0 amide bonds. The highest BCUT2D eigenvalue weighted by molar-refractivity contribution is 5.88. The lowest BCUT2D eigenvalue weighted by atomic mass is 9.92. The molecule has 288 valence electrons. The molecule has 58 heavy (non-hydrogen) atoms. The Morgan fingerprint density at radius 1 is 0.345 bits per heavy atom. The largest absolute Gasteiger partial charge is 0.496 e. The minimum atomic E-state index is 0.797. The number of ether oxygens (including phenoxy) is 2. The first-order valence-corrected chi connectivity index (χ1v) is 19.8. The van der Waals surface area contributed by atoms with Crippen molar-refractivity contribution in [2.75, 3.05) is 14.2 Å². The fourth-order valence-electron chi connectivity index (χ4n) is 9.30. The quantitative estimate of drug-likeness (QED) is 0.138. The highest BCUT2D eigenvalue weighted by Crippen LogP contribution is 2.35. The molecule has 1 aliphatic heterocycles. The average Bonchev–Trinajstić information content (AvgIpc) is 4.04. The average molecular weight is 761 g/mol. The second-order valence-corrected chi connectivity index (χ2v) is 15.6. The molecule has 1 aliphatic rings. The SMILES string of the molecule is COc1ccccc1C1=c2ccc([nH]2)=C(c2c(C)cc(C)cc2C)c2ccc([nH]2)C(c2ccccc2OC)=c2ccc([nH]2)=C(c2c(C)cc(C)cc2C)c2ccc1[nH]2. The maximum absolute atomic E-state index is 6.02. The molecule has 0 unspecified atom stereocenters. The maximum Gasteiger partial charge on any atom is 0.126 e. The van der Waals surface area contributed by atoms with E-state index in [1.54, 1.807) is 14.2 Å². The number of benzene rings is 4. The number of aromatic nitrogens is 4. The first-order valence-electron chi connectivity index (χ1n) is 19.8. The van der Waals surface area contributed by atoms with Crippen LogP contribution in [0.1, 0.15) is 78.4 Å². The summed E-state index contributed by atoms with van der Waals surface area (Å²) < 4.78 is 12.0. The minimum absolute atomic E-state index is 0.797. The normalized spacial score (nSPS) is 12.7. The van der Waals surface area contributed by atoms with Crippen LogP contribution in [0.15, 0.2) is 121 Å². The van der Waals surface area contributed by atoms with E-state index in [4.69, 9.17) is 9.47 Å². The molecule has 4 N–H and O–H groups in total. The number of hydrogen-bond donors (Lipinski definition) is 4. The molecular formula is C52H48N4O2. The van der Waals surface area contributed by atoms with Crippen LogP contribution in [0, 0.1) is 41.5 Å². The van der Waals surface area contributed by atoms with Gasteiger partial charge in [0.2, 0.25) is 0 Å². The Balaban J connectivity index is 1.49. The number of rotatable bonds is 6. The molecule has 6 heteroatoms. The lowest BCUT2D eigenvalue weighted by Gasteiger charge is -2.16. The van der Waals surface area contributed by atoms with Crippen LogP contribution in [0.2, 0.25) is 0 Å². The predicted molar refractivity (Wildman–Crippen MR) is 235 cm³/mol. The van der Waals surface area contributed by atoms with Crippen LogP contribution < -0.4 is 30.9 Å². The molecule has 0 aliphatic carbocycles. The molecule has 6 nitrogen and oxygen atoms in total. The van der Waals surface area contributed by atoms with Crippen LogP contribution in [-0.4, -0.2) is 34.2 Å². The molecule has 0 fully saturated rings. The maximum atomic E-state index is 6.02. The summed E-state index contributed by atoms with van der Waals surface area (Å²) in [5, 5.41) is 3.95. The first-order chi connectivity index (χ1) is 28.1. The molecule has 9 rings (SSSR count). The second-order valence-electron chi connectivity index (χ2n) is 15.6. The Morgan fingerprint density at radius 3 is 1.00 bits per heavy atom. The number of hydrogen-bond acceptors (Lipinski definition) is 2. The van der Waals surface area contributed by atoms with Gasteiger partial charge in [0.05, 0.1) is 14.2 Å². The van der Waals surface area contributed by atoms with Gasteiger partial charge >= 0.3 is 0 Å². The van der Waals surface area contributed by atoms with E-state index < -0.39 is 0 Å². The summed E-state index contributed by atoms with van der Waals surface area (Å²) in [6, 6.07) is 43.2. The van der Waals surface area contributed by atoms with Gasteiger partial charge in [0.15, 0.2) is 0 Å². The molecule has 8 bridgehead atoms. The van der Waals surface area contributed by atoms with Crippen LogP contribution in [0.25, 0.3) is 22.3 Å². The number of fused-ring (bicyclic) bond motifs is 8. The van der Waals surface area contributed by atoms with Crippen LogP contribution in [0.3, 0.4) is 0 Å². The topological polar surface area (TPSA) is 81.6 Å². The van der Waals surface area contributed by atoms with Crippen molar-refractivity contribution in [3.63, 3.8) is 0 Å². The third kappa shape index (κ3) is 6.22. The van der Waals surface area contributed by atoms with Crippen LogP contribution in [0.5, 0.6) is 11.5 Å². The Kier molecular flexibility index (Phi) is 9.20. The number of aromatic amines is 4. The second kappa shape index (κ2) is 14.5. The fraction of sp³-hybridized carbons (Fsp3) is 0.154. The van der Waals surface area contributed by atoms with Gasteiger partial charge in [-0.15, -0.1) is 0 Å². The van der Waals surface area contributed by atoms with Gasteiger partial charge < -0.3 is 29.4 Å². The predicted octanol–water partition coefficient (Wildman–Crippen LogP) is 8.17. The molecule has 0 spiro atoms. The summed E-state index contributed by atoms with van der Waals surface area (Å²) in [5.41, 5.74) is 19.9. The van der Waals surface area contributed by atoms with Crippen LogP contribution in [0.4, 0.5) is 0 Å². The van der Waals surface area contributed by atoms with E-state index in [0.29, 0.717) is 0 Å². The van der Waals surface area contributed by atoms with Gasteiger partial charge in [0.25, 0.3) is 0 Å². The highest BCUT2D eigenvalue weighted by atomic mass is 16.5. The standard InChI is InChI=1S/C52H48N4O2/c1-29-25-31(3)47(32(4)26-29)51-41-21-17-37(53-41)49(35-13-9-11-15-45(35)57-7)39-19-23-43(55-39)52(48-33(5)27-30(2)28-34(48)6)44-24-20-40(56-44)50(38-18-22-42(51)54-38)36-14-10-12-16-46(36)58-8/h9-28,53-56H,1-8H3. The van der Waals surface area contributed by atoms with Gasteiger partial charge in [-0.05, 0) is 136 Å². The summed E-state index contributed by atoms with van der Waals surface area (Å²) in [6.45, 7) is 13.2. The van der Waals surface area contributed by atoms with Gasteiger partial charge in [-0.1, -0.05) is 71.8 Å². The van der Waals surface area contributed by atoms with E-state index in [-0.39, 0.29) is 0 Å². The lowest BCUT2D eigenvalue weighted by molar-refractivity contribution is 0.413. The van der Waals surface area contributed by atoms with Crippen molar-refractivity contribution < 1.29 is 9.47 Å². The Hall–Kier alpha value is -6.92. The van der Waals surface area contributed by atoms with Gasteiger partial charge in [0.1, 0.15) is 11.5 Å². The van der Waals surface area contributed by atoms with Gasteiger partial charge in [-0.25, -0.2) is 0 Å². The minimum Gasteiger partial charge on any atom is -0.496 e. The molecule has 0 radical (unpaired) electrons. The summed E-state index contributed by atoms with van der Waals surface area (Å²) >= 11 is 0. The lowest BCUT2D eigenvalue weighted by Crippen LogP contribution is -2.20. The third-order valence-corrected chi connectivity index (χ3v) is 11.5. The Bertz CT molecular complexity index is 2900. The van der Waals surface area contributed by atoms with Gasteiger partial charge in [-0.3, -0.25) is 0 Å². The summed E-state index contributed by atoms with van der Waals surface area (Å²) in [7, 11) is 3.47. The number of para-hydroxylation sites is 2. The van der Waals surface area contributed by atoms with E-state index in [2.05, 4.69) is 159 Å². The number of aryl methyl sites for hydroxylation is 6. The van der Waals surface area contributed by atoms with Crippen molar-refractivity contribution >= 4 is 22.3 Å². The molecular weight excluding hydrogens is 713 g/mol. The van der Waals surface area contributed by atoms with Crippen LogP contribution in [-0.2, 0) is 0 Å². The zero-order valence-corrected chi connectivity index (χ0v) is 34.4. The van der Waals surface area contributed by atoms with E-state index in [9.17, 15) is 0 Å². The number of methoxy groups -OCH3 is 2. The smallest absolute Gasteiger partial charge is 0.126 e. The van der Waals surface area contributed by atoms with E-state index in [0.717, 1.165) is 89.1 Å². The molecule has 8 aromatic rings. The van der Waals surface area contributed by atoms with Crippen LogP contribution >= 0.6 is 0 Å². The first kappa shape index (κ1) is 36.7. The molecule has 0 saturated carbocycles. The number of nitrogens with one attached hydrogen (secondary N) is 4. The fourth-order valence-corrected chi connectivity index (χ4v) is 9.30. The highest BCUT2D eigenvalue weighted by Gasteiger charge is 2.22. The molecule has 0 saturated heterocycles. The zero-order valence-electron chi connectivity index (χ0n) is 34.4. The molecule has 0 atom stereocenters. The summed E-state index contributed by atoms with van der Waals surface area (Å²) in [4.78, 5) is 15.7. The van der Waals surface area contributed by atoms with Gasteiger partial charge in [-0.2, -0.15) is 0 Å². The molecule has 4 aromatic carbocycles. The van der Waals surface area contributed by atoms with Crippen molar-refractivity contribution in [3.8, 4) is 11.5 Å². The molecule has 5 heterocycles. The third-order valence-electron chi connectivity index (χ3n) is 11.5. The summed E-state index contributed by atoms with van der Waals surface area (Å²) in [5.74, 6) is 1.59. The molecule has 4 aromatic heterocycles. The van der Waals surface area contributed by atoms with Crippen molar-refractivity contribution in [2.45, 2.75) is 41.5 Å². The van der Waals surface area contributed by atoms with E-state index >= 15 is 0 Å². The monoisotopic (exact) mass is 760 g/mol. The van der Waals surface area contributed by atoms with E-state index in [1.807, 2.05) is 24.3 Å². The van der Waals surface area contributed by atoms with Gasteiger partial charge in [0, 0.05) is 77.6 Å².